The van der Waals surface area contributed by atoms with Crippen molar-refractivity contribution in [1.29, 1.82) is 0 Å². The summed E-state index contributed by atoms with van der Waals surface area (Å²) in [5.74, 6) is 1.08. The average molecular weight is 384 g/mol. The minimum atomic E-state index is -0.345. The maximum absolute atomic E-state index is 13.2. The van der Waals surface area contributed by atoms with Gasteiger partial charge in [-0.25, -0.2) is 0 Å². The number of carbonyl (C=O) groups excluding carboxylic acids is 2. The second-order valence-corrected chi connectivity index (χ2v) is 7.64. The SMILES string of the molecule is O=C1CC(C(=O)N(Cc2ccco2)Cc2cccs2)CN1Cc1ccco1. The summed E-state index contributed by atoms with van der Waals surface area (Å²) in [6.07, 6.45) is 3.43. The minimum Gasteiger partial charge on any atom is -0.467 e. The summed E-state index contributed by atoms with van der Waals surface area (Å²) in [6.45, 7) is 1.73. The van der Waals surface area contributed by atoms with Gasteiger partial charge in [0, 0.05) is 17.8 Å². The van der Waals surface area contributed by atoms with E-state index in [4.69, 9.17) is 8.83 Å². The van der Waals surface area contributed by atoms with Crippen LogP contribution >= 0.6 is 11.3 Å². The molecular formula is C20H20N2O4S. The summed E-state index contributed by atoms with van der Waals surface area (Å²) < 4.78 is 10.8. The zero-order chi connectivity index (χ0) is 18.6. The fourth-order valence-electron chi connectivity index (χ4n) is 3.33. The molecule has 3 aromatic rings. The van der Waals surface area contributed by atoms with E-state index >= 15 is 0 Å². The third-order valence-electron chi connectivity index (χ3n) is 4.66. The normalized spacial score (nSPS) is 16.8. The smallest absolute Gasteiger partial charge is 0.228 e. The summed E-state index contributed by atoms with van der Waals surface area (Å²) in [4.78, 5) is 30.1. The molecule has 0 aliphatic carbocycles. The number of carbonyl (C=O) groups is 2. The monoisotopic (exact) mass is 384 g/mol. The molecule has 1 atom stereocenters. The summed E-state index contributed by atoms with van der Waals surface area (Å²) in [5, 5.41) is 2.00. The van der Waals surface area contributed by atoms with Crippen molar-refractivity contribution >= 4 is 23.2 Å². The van der Waals surface area contributed by atoms with Gasteiger partial charge in [-0.05, 0) is 35.7 Å². The second kappa shape index (κ2) is 7.84. The third-order valence-corrected chi connectivity index (χ3v) is 5.52. The van der Waals surface area contributed by atoms with E-state index in [0.29, 0.717) is 26.2 Å². The average Bonchev–Trinajstić information content (AvgIpc) is 3.44. The Balaban J connectivity index is 1.46. The molecule has 0 aromatic carbocycles. The number of hydrogen-bond acceptors (Lipinski definition) is 5. The van der Waals surface area contributed by atoms with Crippen LogP contribution in [0.4, 0.5) is 0 Å². The Kier molecular flexibility index (Phi) is 5.11. The molecule has 4 heterocycles. The van der Waals surface area contributed by atoms with Gasteiger partial charge >= 0.3 is 0 Å². The molecule has 1 saturated heterocycles. The molecule has 1 aliphatic rings. The number of amides is 2. The molecular weight excluding hydrogens is 364 g/mol. The number of furan rings is 2. The largest absolute Gasteiger partial charge is 0.467 e. The molecule has 27 heavy (non-hydrogen) atoms. The molecule has 0 bridgehead atoms. The molecule has 1 fully saturated rings. The molecule has 1 aliphatic heterocycles. The fourth-order valence-corrected chi connectivity index (χ4v) is 4.05. The lowest BCUT2D eigenvalue weighted by Crippen LogP contribution is -2.36. The maximum Gasteiger partial charge on any atom is 0.228 e. The Morgan fingerprint density at radius 1 is 1.11 bits per heavy atom. The lowest BCUT2D eigenvalue weighted by Gasteiger charge is -2.24. The summed E-state index contributed by atoms with van der Waals surface area (Å²) in [7, 11) is 0. The Morgan fingerprint density at radius 2 is 1.89 bits per heavy atom. The van der Waals surface area contributed by atoms with Crippen LogP contribution in [0.3, 0.4) is 0 Å². The first-order chi connectivity index (χ1) is 13.2. The van der Waals surface area contributed by atoms with Crippen molar-refractivity contribution in [2.75, 3.05) is 6.54 Å². The van der Waals surface area contributed by atoms with Crippen LogP contribution in [0.15, 0.2) is 63.1 Å². The van der Waals surface area contributed by atoms with Gasteiger partial charge in [0.25, 0.3) is 0 Å². The highest BCUT2D eigenvalue weighted by atomic mass is 32.1. The first kappa shape index (κ1) is 17.6. The van der Waals surface area contributed by atoms with Crippen LogP contribution in [-0.4, -0.2) is 28.2 Å². The molecule has 0 radical (unpaired) electrons. The molecule has 7 heteroatoms. The molecule has 2 amide bonds. The van der Waals surface area contributed by atoms with E-state index in [0.717, 1.165) is 16.4 Å². The van der Waals surface area contributed by atoms with Gasteiger partial charge in [-0.3, -0.25) is 9.59 Å². The third kappa shape index (κ3) is 4.14. The topological polar surface area (TPSA) is 66.9 Å². The molecule has 0 spiro atoms. The van der Waals surface area contributed by atoms with Crippen LogP contribution in [0.5, 0.6) is 0 Å². The molecule has 6 nitrogen and oxygen atoms in total. The van der Waals surface area contributed by atoms with E-state index in [9.17, 15) is 9.59 Å². The number of rotatable bonds is 7. The minimum absolute atomic E-state index is 0.0150. The van der Waals surface area contributed by atoms with Gasteiger partial charge in [-0.1, -0.05) is 6.07 Å². The first-order valence-corrected chi connectivity index (χ1v) is 9.70. The Labute approximate surface area is 161 Å². The van der Waals surface area contributed by atoms with E-state index in [2.05, 4.69) is 0 Å². The van der Waals surface area contributed by atoms with Crippen molar-refractivity contribution in [3.63, 3.8) is 0 Å². The Bertz CT molecular complexity index is 835. The molecule has 0 saturated carbocycles. The first-order valence-electron chi connectivity index (χ1n) is 8.83. The van der Waals surface area contributed by atoms with E-state index in [1.54, 1.807) is 39.7 Å². The van der Waals surface area contributed by atoms with Crippen molar-refractivity contribution < 1.29 is 18.4 Å². The summed E-state index contributed by atoms with van der Waals surface area (Å²) in [5.41, 5.74) is 0. The number of hydrogen-bond donors (Lipinski definition) is 0. The Morgan fingerprint density at radius 3 is 2.56 bits per heavy atom. The number of likely N-dealkylation sites (tertiary alicyclic amines) is 1. The van der Waals surface area contributed by atoms with Crippen molar-refractivity contribution in [2.45, 2.75) is 26.1 Å². The van der Waals surface area contributed by atoms with Gasteiger partial charge in [0.2, 0.25) is 11.8 Å². The maximum atomic E-state index is 13.2. The lowest BCUT2D eigenvalue weighted by atomic mass is 10.1. The molecule has 4 rings (SSSR count). The van der Waals surface area contributed by atoms with Gasteiger partial charge in [0.05, 0.1) is 38.1 Å². The van der Waals surface area contributed by atoms with Crippen molar-refractivity contribution in [2.24, 2.45) is 5.92 Å². The highest BCUT2D eigenvalue weighted by Crippen LogP contribution is 2.25. The van der Waals surface area contributed by atoms with E-state index in [-0.39, 0.29) is 24.2 Å². The molecule has 140 valence electrons. The number of thiophene rings is 1. The standard InChI is InChI=1S/C20H20N2O4S/c23-19-10-15(11-21(19)12-16-4-1-7-25-16)20(24)22(13-17-5-2-8-26-17)14-18-6-3-9-27-18/h1-9,15H,10-14H2. The van der Waals surface area contributed by atoms with Gasteiger partial charge in [-0.15, -0.1) is 11.3 Å². The van der Waals surface area contributed by atoms with Crippen LogP contribution in [0.1, 0.15) is 22.8 Å². The number of nitrogens with zero attached hydrogens (tertiary/aromatic N) is 2. The second-order valence-electron chi connectivity index (χ2n) is 6.61. The van der Waals surface area contributed by atoms with Crippen molar-refractivity contribution in [1.82, 2.24) is 9.80 Å². The van der Waals surface area contributed by atoms with Crippen molar-refractivity contribution in [3.05, 3.63) is 70.7 Å². The lowest BCUT2D eigenvalue weighted by molar-refractivity contribution is -0.137. The van der Waals surface area contributed by atoms with Crippen LogP contribution in [0.2, 0.25) is 0 Å². The quantitative estimate of drug-likeness (QED) is 0.625. The Hall–Kier alpha value is -2.80. The van der Waals surface area contributed by atoms with Crippen LogP contribution < -0.4 is 0 Å². The molecule has 0 N–H and O–H groups in total. The van der Waals surface area contributed by atoms with E-state index in [1.165, 1.54) is 0 Å². The predicted octanol–water partition coefficient (Wildman–Crippen LogP) is 3.51. The molecule has 1 unspecified atom stereocenters. The van der Waals surface area contributed by atoms with E-state index < -0.39 is 0 Å². The summed E-state index contributed by atoms with van der Waals surface area (Å²) in [6, 6.07) is 11.3. The van der Waals surface area contributed by atoms with E-state index in [1.807, 2.05) is 35.7 Å². The van der Waals surface area contributed by atoms with Crippen molar-refractivity contribution in [3.8, 4) is 0 Å². The van der Waals surface area contributed by atoms with Crippen LogP contribution in [0, 0.1) is 5.92 Å². The summed E-state index contributed by atoms with van der Waals surface area (Å²) >= 11 is 1.61. The zero-order valence-electron chi connectivity index (χ0n) is 14.7. The highest BCUT2D eigenvalue weighted by Gasteiger charge is 2.37. The highest BCUT2D eigenvalue weighted by molar-refractivity contribution is 7.09. The van der Waals surface area contributed by atoms with Crippen LogP contribution in [-0.2, 0) is 29.2 Å². The van der Waals surface area contributed by atoms with Gasteiger partial charge in [0.15, 0.2) is 0 Å². The van der Waals surface area contributed by atoms with Gasteiger partial charge in [0.1, 0.15) is 11.5 Å². The molecule has 3 aromatic heterocycles. The van der Waals surface area contributed by atoms with Crippen LogP contribution in [0.25, 0.3) is 0 Å². The fraction of sp³-hybridized carbons (Fsp3) is 0.300. The zero-order valence-corrected chi connectivity index (χ0v) is 15.6. The predicted molar refractivity (Wildman–Crippen MR) is 99.5 cm³/mol. The van der Waals surface area contributed by atoms with Gasteiger partial charge < -0.3 is 18.6 Å². The van der Waals surface area contributed by atoms with Gasteiger partial charge in [-0.2, -0.15) is 0 Å².